The molecule has 2 amide bonds. The first kappa shape index (κ1) is 21.3. The van der Waals surface area contributed by atoms with Gasteiger partial charge in [0.2, 0.25) is 11.8 Å². The summed E-state index contributed by atoms with van der Waals surface area (Å²) < 4.78 is 0. The molecule has 0 N–H and O–H groups in total. The summed E-state index contributed by atoms with van der Waals surface area (Å²) in [6.07, 6.45) is 6.56. The quantitative estimate of drug-likeness (QED) is 0.688. The summed E-state index contributed by atoms with van der Waals surface area (Å²) in [7, 11) is 0. The van der Waals surface area contributed by atoms with Gasteiger partial charge in [0.05, 0.1) is 12.1 Å². The molecule has 0 saturated carbocycles. The molecule has 0 aliphatic carbocycles. The first-order chi connectivity index (χ1) is 14.6. The summed E-state index contributed by atoms with van der Waals surface area (Å²) in [4.78, 5) is 34.2. The lowest BCUT2D eigenvalue weighted by Gasteiger charge is -2.34. The lowest BCUT2D eigenvalue weighted by Crippen LogP contribution is -2.45. The molecule has 1 aromatic carbocycles. The van der Waals surface area contributed by atoms with Crippen LogP contribution in [0, 0.1) is 5.92 Å². The third-order valence-corrected chi connectivity index (χ3v) is 7.28. The van der Waals surface area contributed by atoms with E-state index in [1.54, 1.807) is 11.3 Å². The van der Waals surface area contributed by atoms with Crippen LogP contribution in [0.25, 0.3) is 10.6 Å². The fourth-order valence-electron chi connectivity index (χ4n) is 4.31. The molecule has 5 nitrogen and oxygen atoms in total. The van der Waals surface area contributed by atoms with Gasteiger partial charge in [0.15, 0.2) is 0 Å². The molecule has 160 valence electrons. The van der Waals surface area contributed by atoms with Crippen molar-refractivity contribution in [2.45, 2.75) is 44.9 Å². The number of hydrogen-bond donors (Lipinski definition) is 0. The van der Waals surface area contributed by atoms with Crippen LogP contribution >= 0.6 is 22.9 Å². The van der Waals surface area contributed by atoms with E-state index < -0.39 is 0 Å². The molecule has 0 unspecified atom stereocenters. The Bertz CT molecular complexity index is 867. The summed E-state index contributed by atoms with van der Waals surface area (Å²) in [6.45, 7) is 3.13. The van der Waals surface area contributed by atoms with E-state index >= 15 is 0 Å². The first-order valence-electron chi connectivity index (χ1n) is 10.9. The number of aromatic nitrogens is 1. The van der Waals surface area contributed by atoms with E-state index in [-0.39, 0.29) is 11.8 Å². The number of hydrogen-bond acceptors (Lipinski definition) is 4. The molecule has 3 heterocycles. The van der Waals surface area contributed by atoms with Crippen LogP contribution in [-0.4, -0.2) is 52.8 Å². The van der Waals surface area contributed by atoms with E-state index in [0.717, 1.165) is 55.0 Å². The molecule has 2 aliphatic rings. The monoisotopic (exact) mass is 445 g/mol. The second-order valence-corrected chi connectivity index (χ2v) is 9.52. The van der Waals surface area contributed by atoms with E-state index in [4.69, 9.17) is 11.6 Å². The van der Waals surface area contributed by atoms with Crippen LogP contribution in [0.1, 0.15) is 44.2 Å². The maximum absolute atomic E-state index is 12.8. The number of carbonyl (C=O) groups excluding carboxylic acids is 2. The molecule has 1 aromatic heterocycles. The number of halogens is 1. The Kier molecular flexibility index (Phi) is 7.05. The molecule has 0 bridgehead atoms. The topological polar surface area (TPSA) is 53.5 Å². The number of amides is 2. The van der Waals surface area contributed by atoms with Gasteiger partial charge < -0.3 is 9.80 Å². The summed E-state index contributed by atoms with van der Waals surface area (Å²) >= 11 is 7.49. The van der Waals surface area contributed by atoms with Gasteiger partial charge >= 0.3 is 0 Å². The molecular formula is C23H28ClN3O2S. The van der Waals surface area contributed by atoms with Gasteiger partial charge in [-0.1, -0.05) is 36.6 Å². The van der Waals surface area contributed by atoms with Gasteiger partial charge in [-0.25, -0.2) is 4.98 Å². The van der Waals surface area contributed by atoms with Gasteiger partial charge in [0.25, 0.3) is 0 Å². The Labute approximate surface area is 187 Å². The molecule has 30 heavy (non-hydrogen) atoms. The highest BCUT2D eigenvalue weighted by molar-refractivity contribution is 7.13. The number of piperidine rings is 1. The predicted molar refractivity (Wildman–Crippen MR) is 121 cm³/mol. The molecule has 2 fully saturated rings. The van der Waals surface area contributed by atoms with E-state index in [2.05, 4.69) is 9.88 Å². The van der Waals surface area contributed by atoms with Gasteiger partial charge in [-0.15, -0.1) is 11.3 Å². The number of carbonyl (C=O) groups is 2. The fourth-order valence-corrected chi connectivity index (χ4v) is 5.26. The van der Waals surface area contributed by atoms with Crippen LogP contribution in [0.4, 0.5) is 0 Å². The summed E-state index contributed by atoms with van der Waals surface area (Å²) in [5, 5.41) is 3.55. The highest BCUT2D eigenvalue weighted by Gasteiger charge is 2.30. The second kappa shape index (κ2) is 9.92. The van der Waals surface area contributed by atoms with Crippen molar-refractivity contribution in [3.05, 3.63) is 40.4 Å². The zero-order valence-corrected chi connectivity index (χ0v) is 18.8. The van der Waals surface area contributed by atoms with Gasteiger partial charge in [0.1, 0.15) is 5.01 Å². The number of likely N-dealkylation sites (tertiary alicyclic amines) is 2. The fraction of sp³-hybridized carbons (Fsp3) is 0.522. The molecule has 0 spiro atoms. The molecule has 2 aromatic rings. The minimum Gasteiger partial charge on any atom is -0.342 e. The Morgan fingerprint density at radius 2 is 1.63 bits per heavy atom. The zero-order valence-electron chi connectivity index (χ0n) is 17.2. The van der Waals surface area contributed by atoms with Crippen LogP contribution in [0.3, 0.4) is 0 Å². The number of nitrogens with zero attached hydrogens (tertiary/aromatic N) is 3. The highest BCUT2D eigenvalue weighted by atomic mass is 35.5. The smallest absolute Gasteiger partial charge is 0.228 e. The summed E-state index contributed by atoms with van der Waals surface area (Å²) in [5.41, 5.74) is 1.81. The van der Waals surface area contributed by atoms with Crippen molar-refractivity contribution < 1.29 is 9.59 Å². The average Bonchev–Trinajstić information content (AvgIpc) is 3.06. The molecule has 0 atom stereocenters. The minimum atomic E-state index is 0.0722. The van der Waals surface area contributed by atoms with Crippen molar-refractivity contribution in [1.29, 1.82) is 0 Å². The summed E-state index contributed by atoms with van der Waals surface area (Å²) in [5.74, 6) is 0.475. The lowest BCUT2D eigenvalue weighted by molar-refractivity contribution is -0.140. The van der Waals surface area contributed by atoms with Crippen LogP contribution in [0.2, 0.25) is 5.02 Å². The number of benzene rings is 1. The van der Waals surface area contributed by atoms with Crippen molar-refractivity contribution in [1.82, 2.24) is 14.8 Å². The van der Waals surface area contributed by atoms with E-state index in [9.17, 15) is 9.59 Å². The van der Waals surface area contributed by atoms with Crippen LogP contribution in [0.15, 0.2) is 29.6 Å². The first-order valence-corrected chi connectivity index (χ1v) is 12.1. The standard InChI is InChI=1S/C23H28ClN3O2S/c24-19-7-5-17(6-8-19)22-25-20(16-30-22)15-21(28)26-13-9-18(10-14-26)23(29)27-11-3-1-2-4-12-27/h5-8,16,18H,1-4,9-15H2. The Hall–Kier alpha value is -1.92. The van der Waals surface area contributed by atoms with Gasteiger partial charge in [-0.3, -0.25) is 9.59 Å². The van der Waals surface area contributed by atoms with Gasteiger partial charge in [0, 0.05) is 48.1 Å². The van der Waals surface area contributed by atoms with E-state index in [0.29, 0.717) is 30.4 Å². The lowest BCUT2D eigenvalue weighted by atomic mass is 9.95. The Morgan fingerprint density at radius 3 is 2.30 bits per heavy atom. The van der Waals surface area contributed by atoms with Gasteiger partial charge in [-0.2, -0.15) is 0 Å². The van der Waals surface area contributed by atoms with Crippen molar-refractivity contribution in [3.8, 4) is 10.6 Å². The van der Waals surface area contributed by atoms with Crippen LogP contribution in [0.5, 0.6) is 0 Å². The van der Waals surface area contributed by atoms with Crippen LogP contribution < -0.4 is 0 Å². The SMILES string of the molecule is O=C(Cc1csc(-c2ccc(Cl)cc2)n1)N1CCC(C(=O)N2CCCCCC2)CC1. The third-order valence-electron chi connectivity index (χ3n) is 6.09. The minimum absolute atomic E-state index is 0.0722. The predicted octanol–water partition coefficient (Wildman–Crippen LogP) is 4.65. The van der Waals surface area contributed by atoms with Crippen molar-refractivity contribution in [2.24, 2.45) is 5.92 Å². The largest absolute Gasteiger partial charge is 0.342 e. The zero-order chi connectivity index (χ0) is 20.9. The molecule has 7 heteroatoms. The molecule has 0 radical (unpaired) electrons. The second-order valence-electron chi connectivity index (χ2n) is 8.22. The van der Waals surface area contributed by atoms with Crippen molar-refractivity contribution in [2.75, 3.05) is 26.2 Å². The average molecular weight is 446 g/mol. The maximum atomic E-state index is 12.8. The number of rotatable bonds is 4. The molecule has 2 aliphatic heterocycles. The Balaban J connectivity index is 1.28. The molecule has 2 saturated heterocycles. The third kappa shape index (κ3) is 5.22. The van der Waals surface area contributed by atoms with Crippen LogP contribution in [-0.2, 0) is 16.0 Å². The Morgan fingerprint density at radius 1 is 0.967 bits per heavy atom. The number of thiazole rings is 1. The maximum Gasteiger partial charge on any atom is 0.228 e. The highest BCUT2D eigenvalue weighted by Crippen LogP contribution is 2.26. The van der Waals surface area contributed by atoms with Crippen molar-refractivity contribution >= 4 is 34.8 Å². The molecular weight excluding hydrogens is 418 g/mol. The molecule has 4 rings (SSSR count). The van der Waals surface area contributed by atoms with E-state index in [1.165, 1.54) is 12.8 Å². The van der Waals surface area contributed by atoms with E-state index in [1.807, 2.05) is 34.5 Å². The van der Waals surface area contributed by atoms with Crippen molar-refractivity contribution in [3.63, 3.8) is 0 Å². The van der Waals surface area contributed by atoms with Gasteiger partial charge in [-0.05, 0) is 37.8 Å². The normalized spacial score (nSPS) is 18.3. The summed E-state index contributed by atoms with van der Waals surface area (Å²) in [6, 6.07) is 7.58.